The Morgan fingerprint density at radius 2 is 1.67 bits per heavy atom. The Bertz CT molecular complexity index is 806. The van der Waals surface area contributed by atoms with E-state index in [-0.39, 0.29) is 5.91 Å². The van der Waals surface area contributed by atoms with Gasteiger partial charge in [0.25, 0.3) is 5.91 Å². The van der Waals surface area contributed by atoms with E-state index >= 15 is 0 Å². The number of rotatable bonds is 5. The lowest BCUT2D eigenvalue weighted by Crippen LogP contribution is -2.25. The van der Waals surface area contributed by atoms with Gasteiger partial charge in [-0.2, -0.15) is 0 Å². The number of hydrogen-bond acceptors (Lipinski definition) is 4. The van der Waals surface area contributed by atoms with Crippen molar-refractivity contribution in [2.75, 3.05) is 11.9 Å². The third-order valence-electron chi connectivity index (χ3n) is 3.61. The summed E-state index contributed by atoms with van der Waals surface area (Å²) in [6.45, 7) is 0.466. The number of nitrogens with one attached hydrogen (secondary N) is 1. The maximum Gasteiger partial charge on any atom is 0.270 e. The van der Waals surface area contributed by atoms with Gasteiger partial charge in [-0.15, -0.1) is 0 Å². The van der Waals surface area contributed by atoms with Gasteiger partial charge in [-0.1, -0.05) is 48.5 Å². The summed E-state index contributed by atoms with van der Waals surface area (Å²) in [5.41, 5.74) is 2.35. The molecule has 0 spiro atoms. The predicted octanol–water partition coefficient (Wildman–Crippen LogP) is 3.17. The van der Waals surface area contributed by atoms with Crippen LogP contribution >= 0.6 is 0 Å². The number of amides is 1. The van der Waals surface area contributed by atoms with Gasteiger partial charge in [-0.05, 0) is 23.8 Å². The van der Waals surface area contributed by atoms with Crippen molar-refractivity contribution in [3.8, 4) is 0 Å². The van der Waals surface area contributed by atoms with Crippen LogP contribution in [0.2, 0.25) is 0 Å². The second kappa shape index (κ2) is 7.37. The molecule has 5 nitrogen and oxygen atoms in total. The van der Waals surface area contributed by atoms with Crippen LogP contribution in [-0.4, -0.2) is 22.9 Å². The molecule has 3 aromatic rings. The average molecular weight is 318 g/mol. The molecule has 0 atom stereocenters. The highest BCUT2D eigenvalue weighted by Crippen LogP contribution is 2.19. The van der Waals surface area contributed by atoms with E-state index in [4.69, 9.17) is 0 Å². The van der Waals surface area contributed by atoms with Crippen LogP contribution in [-0.2, 0) is 6.54 Å². The Morgan fingerprint density at radius 1 is 1.00 bits per heavy atom. The molecule has 0 saturated carbocycles. The standard InChI is InChI=1S/C19H18N4O/c1-23(16-10-6-3-7-11-16)19-20-13-12-17(22-19)18(24)21-14-15-8-4-2-5-9-15/h2-13H,14H2,1H3,(H,21,24). The van der Waals surface area contributed by atoms with Crippen molar-refractivity contribution in [3.05, 3.63) is 84.2 Å². The molecule has 0 fully saturated rings. The van der Waals surface area contributed by atoms with Crippen molar-refractivity contribution in [3.63, 3.8) is 0 Å². The number of benzene rings is 2. The SMILES string of the molecule is CN(c1ccccc1)c1nccc(C(=O)NCc2ccccc2)n1. The average Bonchev–Trinajstić information content (AvgIpc) is 2.67. The first kappa shape index (κ1) is 15.7. The monoisotopic (exact) mass is 318 g/mol. The zero-order valence-corrected chi connectivity index (χ0v) is 13.4. The smallest absolute Gasteiger partial charge is 0.270 e. The fourth-order valence-electron chi connectivity index (χ4n) is 2.27. The number of carbonyl (C=O) groups excluding carboxylic acids is 1. The number of nitrogens with zero attached hydrogens (tertiary/aromatic N) is 3. The van der Waals surface area contributed by atoms with Crippen molar-refractivity contribution in [2.45, 2.75) is 6.54 Å². The quantitative estimate of drug-likeness (QED) is 0.785. The summed E-state index contributed by atoms with van der Waals surface area (Å²) in [6.07, 6.45) is 1.60. The van der Waals surface area contributed by atoms with Crippen LogP contribution in [0.4, 0.5) is 11.6 Å². The van der Waals surface area contributed by atoms with Crippen molar-refractivity contribution in [1.82, 2.24) is 15.3 Å². The number of aromatic nitrogens is 2. The van der Waals surface area contributed by atoms with Crippen LogP contribution < -0.4 is 10.2 Å². The molecule has 24 heavy (non-hydrogen) atoms. The van der Waals surface area contributed by atoms with Gasteiger partial charge in [0.1, 0.15) is 5.69 Å². The minimum Gasteiger partial charge on any atom is -0.347 e. The molecule has 0 radical (unpaired) electrons. The van der Waals surface area contributed by atoms with Gasteiger partial charge in [-0.25, -0.2) is 9.97 Å². The van der Waals surface area contributed by atoms with Gasteiger partial charge in [-0.3, -0.25) is 4.79 Å². The second-order valence-electron chi connectivity index (χ2n) is 5.30. The first-order chi connectivity index (χ1) is 11.7. The molecule has 1 aromatic heterocycles. The van der Waals surface area contributed by atoms with Crippen LogP contribution in [0.5, 0.6) is 0 Å². The fraction of sp³-hybridized carbons (Fsp3) is 0.105. The van der Waals surface area contributed by atoms with E-state index in [9.17, 15) is 4.79 Å². The fourth-order valence-corrected chi connectivity index (χ4v) is 2.27. The molecular formula is C19H18N4O. The molecule has 0 aliphatic carbocycles. The van der Waals surface area contributed by atoms with Gasteiger partial charge in [0.2, 0.25) is 5.95 Å². The highest BCUT2D eigenvalue weighted by molar-refractivity contribution is 5.92. The van der Waals surface area contributed by atoms with Crippen molar-refractivity contribution < 1.29 is 4.79 Å². The largest absolute Gasteiger partial charge is 0.347 e. The molecule has 0 bridgehead atoms. The molecule has 2 aromatic carbocycles. The van der Waals surface area contributed by atoms with Crippen molar-refractivity contribution >= 4 is 17.5 Å². The molecule has 1 heterocycles. The summed E-state index contributed by atoms with van der Waals surface area (Å²) in [6, 6.07) is 21.2. The van der Waals surface area contributed by atoms with Crippen molar-refractivity contribution in [1.29, 1.82) is 0 Å². The highest BCUT2D eigenvalue weighted by Gasteiger charge is 2.12. The Morgan fingerprint density at radius 3 is 2.38 bits per heavy atom. The summed E-state index contributed by atoms with van der Waals surface area (Å²) in [4.78, 5) is 22.8. The van der Waals surface area contributed by atoms with E-state index < -0.39 is 0 Å². The summed E-state index contributed by atoms with van der Waals surface area (Å²) in [7, 11) is 1.87. The predicted molar refractivity (Wildman–Crippen MR) is 94.1 cm³/mol. The van der Waals surface area contributed by atoms with E-state index in [2.05, 4.69) is 15.3 Å². The molecule has 3 rings (SSSR count). The van der Waals surface area contributed by atoms with Gasteiger partial charge in [0.15, 0.2) is 0 Å². The summed E-state index contributed by atoms with van der Waals surface area (Å²) in [5.74, 6) is 0.262. The molecule has 0 aliphatic rings. The van der Waals surface area contributed by atoms with E-state index in [1.165, 1.54) is 0 Å². The normalized spacial score (nSPS) is 10.2. The van der Waals surface area contributed by atoms with Crippen LogP contribution in [0.25, 0.3) is 0 Å². The molecule has 120 valence electrons. The number of carbonyl (C=O) groups is 1. The first-order valence-electron chi connectivity index (χ1n) is 7.68. The Labute approximate surface area is 141 Å². The van der Waals surface area contributed by atoms with E-state index in [0.717, 1.165) is 11.3 Å². The van der Waals surface area contributed by atoms with E-state index in [1.54, 1.807) is 12.3 Å². The molecule has 1 amide bonds. The third kappa shape index (κ3) is 3.76. The maximum absolute atomic E-state index is 12.3. The Kier molecular flexibility index (Phi) is 4.81. The first-order valence-corrected chi connectivity index (χ1v) is 7.68. The highest BCUT2D eigenvalue weighted by atomic mass is 16.1. The second-order valence-corrected chi connectivity index (χ2v) is 5.30. The van der Waals surface area contributed by atoms with Crippen LogP contribution in [0, 0.1) is 0 Å². The molecule has 0 aliphatic heterocycles. The Hall–Kier alpha value is -3.21. The lowest BCUT2D eigenvalue weighted by molar-refractivity contribution is 0.0946. The Balaban J connectivity index is 1.71. The van der Waals surface area contributed by atoms with Gasteiger partial charge in [0.05, 0.1) is 0 Å². The maximum atomic E-state index is 12.3. The molecule has 1 N–H and O–H groups in total. The zero-order valence-electron chi connectivity index (χ0n) is 13.4. The summed E-state index contributed by atoms with van der Waals surface area (Å²) >= 11 is 0. The van der Waals surface area contributed by atoms with Crippen molar-refractivity contribution in [2.24, 2.45) is 0 Å². The van der Waals surface area contributed by atoms with Crippen LogP contribution in [0.1, 0.15) is 16.1 Å². The van der Waals surface area contributed by atoms with Gasteiger partial charge < -0.3 is 10.2 Å². The summed E-state index contributed by atoms with van der Waals surface area (Å²) < 4.78 is 0. The number of para-hydroxylation sites is 1. The van der Waals surface area contributed by atoms with E-state index in [0.29, 0.717) is 18.2 Å². The zero-order chi connectivity index (χ0) is 16.8. The molecular weight excluding hydrogens is 300 g/mol. The topological polar surface area (TPSA) is 58.1 Å². The minimum absolute atomic E-state index is 0.219. The molecule has 0 unspecified atom stereocenters. The lowest BCUT2D eigenvalue weighted by atomic mass is 10.2. The van der Waals surface area contributed by atoms with Gasteiger partial charge in [0, 0.05) is 25.5 Å². The van der Waals surface area contributed by atoms with Gasteiger partial charge >= 0.3 is 0 Å². The number of hydrogen-bond donors (Lipinski definition) is 1. The molecule has 0 saturated heterocycles. The third-order valence-corrected chi connectivity index (χ3v) is 3.61. The summed E-state index contributed by atoms with van der Waals surface area (Å²) in [5, 5.41) is 2.87. The van der Waals surface area contributed by atoms with Crippen LogP contribution in [0.3, 0.4) is 0 Å². The van der Waals surface area contributed by atoms with Crippen LogP contribution in [0.15, 0.2) is 72.9 Å². The minimum atomic E-state index is -0.219. The van der Waals surface area contributed by atoms with E-state index in [1.807, 2.05) is 72.6 Å². The number of anilines is 2. The molecule has 5 heteroatoms. The lowest BCUT2D eigenvalue weighted by Gasteiger charge is -2.17.